The van der Waals surface area contributed by atoms with Gasteiger partial charge >= 0.3 is 0 Å². The van der Waals surface area contributed by atoms with Crippen LogP contribution in [0.4, 0.5) is 0 Å². The molecule has 0 atom stereocenters. The molecule has 0 saturated carbocycles. The minimum Gasteiger partial charge on any atom is -0.463 e. The van der Waals surface area contributed by atoms with Crippen molar-refractivity contribution in [2.24, 2.45) is 10.2 Å². The second-order valence-electron chi connectivity index (χ2n) is 6.49. The fourth-order valence-corrected chi connectivity index (χ4v) is 2.80. The molecule has 8 nitrogen and oxygen atoms in total. The van der Waals surface area contributed by atoms with Crippen LogP contribution in [0.2, 0.25) is 0 Å². The highest BCUT2D eigenvalue weighted by Crippen LogP contribution is 2.12. The molecule has 2 N–H and O–H groups in total. The normalized spacial score (nSPS) is 11.8. The van der Waals surface area contributed by atoms with Gasteiger partial charge in [-0.05, 0) is 48.5 Å². The van der Waals surface area contributed by atoms with E-state index >= 15 is 0 Å². The van der Waals surface area contributed by atoms with Crippen LogP contribution < -0.4 is 10.9 Å². The minimum absolute atomic E-state index is 0.169. The Labute approximate surface area is 183 Å². The largest absolute Gasteiger partial charge is 0.463 e. The zero-order valence-corrected chi connectivity index (χ0v) is 16.8. The quantitative estimate of drug-likeness (QED) is 0.346. The van der Waals surface area contributed by atoms with Crippen LogP contribution >= 0.6 is 0 Å². The van der Waals surface area contributed by atoms with Gasteiger partial charge in [-0.1, -0.05) is 36.4 Å². The molecule has 2 amide bonds. The van der Waals surface area contributed by atoms with E-state index in [1.807, 2.05) is 12.1 Å². The number of hydrazone groups is 2. The molecule has 8 heteroatoms. The van der Waals surface area contributed by atoms with Gasteiger partial charge in [0.15, 0.2) is 22.9 Å². The molecule has 0 aliphatic carbocycles. The first-order valence-corrected chi connectivity index (χ1v) is 9.66. The first-order chi connectivity index (χ1) is 15.7. The van der Waals surface area contributed by atoms with Gasteiger partial charge in [0.25, 0.3) is 11.8 Å². The topological polar surface area (TPSA) is 109 Å². The van der Waals surface area contributed by atoms with Crippen LogP contribution in [0.3, 0.4) is 0 Å². The lowest BCUT2D eigenvalue weighted by Crippen LogP contribution is -2.27. The molecule has 32 heavy (non-hydrogen) atoms. The molecule has 0 radical (unpaired) electrons. The first kappa shape index (κ1) is 20.5. The molecule has 0 aliphatic rings. The Balaban J connectivity index is 1.68. The summed E-state index contributed by atoms with van der Waals surface area (Å²) in [4.78, 5) is 25.0. The zero-order valence-electron chi connectivity index (χ0n) is 16.8. The molecule has 0 bridgehead atoms. The number of carbonyl (C=O) groups is 2. The number of hydrogen-bond donors (Lipinski definition) is 2. The molecule has 2 aromatic carbocycles. The van der Waals surface area contributed by atoms with Gasteiger partial charge in [-0.25, -0.2) is 10.9 Å². The summed E-state index contributed by atoms with van der Waals surface area (Å²) in [6, 6.07) is 23.9. The zero-order chi connectivity index (χ0) is 22.2. The van der Waals surface area contributed by atoms with E-state index in [0.29, 0.717) is 22.6 Å². The highest BCUT2D eigenvalue weighted by atomic mass is 16.3. The molecular formula is C24H18N4O4. The Kier molecular flexibility index (Phi) is 6.33. The van der Waals surface area contributed by atoms with Gasteiger partial charge < -0.3 is 8.83 Å². The van der Waals surface area contributed by atoms with Crippen LogP contribution in [-0.4, -0.2) is 23.2 Å². The van der Waals surface area contributed by atoms with E-state index in [9.17, 15) is 9.59 Å². The number of hydrogen-bond acceptors (Lipinski definition) is 6. The number of rotatable bonds is 7. The van der Waals surface area contributed by atoms with E-state index in [2.05, 4.69) is 21.1 Å². The van der Waals surface area contributed by atoms with Crippen LogP contribution in [0.25, 0.3) is 0 Å². The van der Waals surface area contributed by atoms with Crippen molar-refractivity contribution in [3.63, 3.8) is 0 Å². The number of benzene rings is 2. The van der Waals surface area contributed by atoms with Crippen molar-refractivity contribution >= 4 is 23.2 Å². The van der Waals surface area contributed by atoms with Crippen LogP contribution in [0.1, 0.15) is 32.2 Å². The van der Waals surface area contributed by atoms with Crippen LogP contribution in [0.15, 0.2) is 116 Å². The molecule has 4 rings (SSSR count). The third-order valence-corrected chi connectivity index (χ3v) is 4.34. The van der Waals surface area contributed by atoms with Crippen molar-refractivity contribution in [3.8, 4) is 0 Å². The molecule has 2 heterocycles. The van der Waals surface area contributed by atoms with E-state index in [-0.39, 0.29) is 11.4 Å². The minimum atomic E-state index is -0.415. The van der Waals surface area contributed by atoms with E-state index in [1.165, 1.54) is 12.5 Å². The number of furan rings is 2. The highest BCUT2D eigenvalue weighted by Gasteiger charge is 2.21. The number of carbonyl (C=O) groups excluding carboxylic acids is 2. The summed E-state index contributed by atoms with van der Waals surface area (Å²) in [7, 11) is 0. The Morgan fingerprint density at radius 3 is 1.31 bits per heavy atom. The van der Waals surface area contributed by atoms with E-state index < -0.39 is 11.8 Å². The Morgan fingerprint density at radius 1 is 0.562 bits per heavy atom. The SMILES string of the molecule is O=C(NN=C(C(=NNC(=O)c1ccccc1)c1ccco1)c1ccco1)c1ccccc1. The lowest BCUT2D eigenvalue weighted by molar-refractivity contribution is 0.0946. The molecule has 0 aliphatic heterocycles. The molecule has 0 unspecified atom stereocenters. The lowest BCUT2D eigenvalue weighted by atomic mass is 10.1. The van der Waals surface area contributed by atoms with Crippen molar-refractivity contribution in [2.45, 2.75) is 0 Å². The van der Waals surface area contributed by atoms with Crippen molar-refractivity contribution in [1.29, 1.82) is 0 Å². The van der Waals surface area contributed by atoms with Gasteiger partial charge in [0.1, 0.15) is 0 Å². The van der Waals surface area contributed by atoms with Crippen molar-refractivity contribution < 1.29 is 18.4 Å². The lowest BCUT2D eigenvalue weighted by Gasteiger charge is -2.08. The fourth-order valence-electron chi connectivity index (χ4n) is 2.80. The smallest absolute Gasteiger partial charge is 0.271 e. The summed E-state index contributed by atoms with van der Waals surface area (Å²) in [6.45, 7) is 0. The number of amides is 2. The van der Waals surface area contributed by atoms with Gasteiger partial charge in [0, 0.05) is 11.1 Å². The number of nitrogens with one attached hydrogen (secondary N) is 2. The molecule has 4 aromatic rings. The van der Waals surface area contributed by atoms with Crippen molar-refractivity contribution in [3.05, 3.63) is 120 Å². The van der Waals surface area contributed by atoms with Crippen LogP contribution in [-0.2, 0) is 0 Å². The van der Waals surface area contributed by atoms with Gasteiger partial charge in [-0.3, -0.25) is 9.59 Å². The molecular weight excluding hydrogens is 408 g/mol. The third kappa shape index (κ3) is 4.88. The molecule has 0 fully saturated rings. The van der Waals surface area contributed by atoms with Gasteiger partial charge in [-0.2, -0.15) is 10.2 Å². The second-order valence-corrected chi connectivity index (χ2v) is 6.49. The predicted molar refractivity (Wildman–Crippen MR) is 118 cm³/mol. The van der Waals surface area contributed by atoms with E-state index in [0.717, 1.165) is 0 Å². The summed E-state index contributed by atoms with van der Waals surface area (Å²) in [5.41, 5.74) is 6.21. The van der Waals surface area contributed by atoms with E-state index in [4.69, 9.17) is 8.83 Å². The third-order valence-electron chi connectivity index (χ3n) is 4.34. The Hall–Kier alpha value is -4.72. The van der Waals surface area contributed by atoms with E-state index in [1.54, 1.807) is 72.8 Å². The highest BCUT2D eigenvalue weighted by molar-refractivity contribution is 6.52. The molecule has 0 saturated heterocycles. The molecule has 0 spiro atoms. The maximum Gasteiger partial charge on any atom is 0.271 e. The summed E-state index contributed by atoms with van der Waals surface area (Å²) >= 11 is 0. The van der Waals surface area contributed by atoms with Gasteiger partial charge in [0.2, 0.25) is 0 Å². The van der Waals surface area contributed by atoms with Gasteiger partial charge in [0.05, 0.1) is 12.5 Å². The van der Waals surface area contributed by atoms with Crippen molar-refractivity contribution in [2.75, 3.05) is 0 Å². The Bertz CT molecular complexity index is 1130. The summed E-state index contributed by atoms with van der Waals surface area (Å²) in [5, 5.41) is 8.46. The average molecular weight is 426 g/mol. The maximum atomic E-state index is 12.5. The summed E-state index contributed by atoms with van der Waals surface area (Å²) < 4.78 is 11.0. The number of nitrogens with zero attached hydrogens (tertiary/aromatic N) is 2. The van der Waals surface area contributed by atoms with Gasteiger partial charge in [-0.15, -0.1) is 0 Å². The molecule has 2 aromatic heterocycles. The monoisotopic (exact) mass is 426 g/mol. The first-order valence-electron chi connectivity index (χ1n) is 9.66. The Morgan fingerprint density at radius 2 is 0.969 bits per heavy atom. The molecule has 158 valence electrons. The van der Waals surface area contributed by atoms with Crippen LogP contribution in [0, 0.1) is 0 Å². The predicted octanol–water partition coefficient (Wildman–Crippen LogP) is 3.84. The summed E-state index contributed by atoms with van der Waals surface area (Å²) in [5.74, 6) is -0.187. The second kappa shape index (κ2) is 9.86. The maximum absolute atomic E-state index is 12.5. The fraction of sp³-hybridized carbons (Fsp3) is 0. The average Bonchev–Trinajstić information content (AvgIpc) is 3.56. The van der Waals surface area contributed by atoms with Crippen molar-refractivity contribution in [1.82, 2.24) is 10.9 Å². The summed E-state index contributed by atoms with van der Waals surface area (Å²) in [6.07, 6.45) is 2.93. The standard InChI is InChI=1S/C24H18N4O4/c29-23(17-9-3-1-4-10-17)27-25-21(19-13-7-15-31-19)22(20-14-8-16-32-20)26-28-24(30)18-11-5-2-6-12-18/h1-16H,(H,27,29)(H,28,30). The van der Waals surface area contributed by atoms with Crippen LogP contribution in [0.5, 0.6) is 0 Å².